The Morgan fingerprint density at radius 2 is 1.55 bits per heavy atom. The lowest BCUT2D eigenvalue weighted by atomic mass is 10.00. The van der Waals surface area contributed by atoms with Gasteiger partial charge in [-0.05, 0) is 36.6 Å². The smallest absolute Gasteiger partial charge is 0.321 e. The average molecular weight is 297 g/mol. The number of aldehydes is 1. The van der Waals surface area contributed by atoms with Crippen molar-refractivity contribution in [3.8, 4) is 0 Å². The highest BCUT2D eigenvalue weighted by molar-refractivity contribution is 5.74. The number of rotatable bonds is 7. The monoisotopic (exact) mass is 297 g/mol. The number of carboxylic acids is 1. The fourth-order valence-corrected chi connectivity index (χ4v) is 2.29. The van der Waals surface area contributed by atoms with Gasteiger partial charge in [-0.15, -0.1) is 0 Å². The van der Waals surface area contributed by atoms with Crippen LogP contribution in [0, 0.1) is 0 Å². The summed E-state index contributed by atoms with van der Waals surface area (Å²) in [7, 11) is 1.65. The van der Waals surface area contributed by atoms with Crippen molar-refractivity contribution in [2.24, 2.45) is 0 Å². The fraction of sp³-hybridized carbons (Fsp3) is 0.222. The van der Waals surface area contributed by atoms with E-state index in [4.69, 9.17) is 5.11 Å². The summed E-state index contributed by atoms with van der Waals surface area (Å²) >= 11 is 0. The summed E-state index contributed by atoms with van der Waals surface area (Å²) < 4.78 is 0. The van der Waals surface area contributed by atoms with Crippen molar-refractivity contribution in [2.45, 2.75) is 18.9 Å². The molecule has 0 spiro atoms. The molecular weight excluding hydrogens is 278 g/mol. The van der Waals surface area contributed by atoms with Crippen molar-refractivity contribution < 1.29 is 14.7 Å². The van der Waals surface area contributed by atoms with Crippen molar-refractivity contribution in [3.05, 3.63) is 70.8 Å². The number of aliphatic carboxylic acids is 1. The van der Waals surface area contributed by atoms with Gasteiger partial charge in [0, 0.05) is 5.56 Å². The molecule has 0 aliphatic carbocycles. The summed E-state index contributed by atoms with van der Waals surface area (Å²) in [5.41, 5.74) is 3.95. The Morgan fingerprint density at radius 3 is 2.00 bits per heavy atom. The third-order valence-corrected chi connectivity index (χ3v) is 3.63. The van der Waals surface area contributed by atoms with Gasteiger partial charge in [0.2, 0.25) is 0 Å². The van der Waals surface area contributed by atoms with E-state index in [1.807, 2.05) is 36.4 Å². The molecule has 0 radical (unpaired) electrons. The van der Waals surface area contributed by atoms with Crippen molar-refractivity contribution in [1.82, 2.24) is 5.32 Å². The molecule has 0 bridgehead atoms. The Morgan fingerprint density at radius 1 is 1.05 bits per heavy atom. The summed E-state index contributed by atoms with van der Waals surface area (Å²) in [4.78, 5) is 21.6. The number of hydrogen-bond acceptors (Lipinski definition) is 3. The zero-order valence-corrected chi connectivity index (χ0v) is 12.5. The highest BCUT2D eigenvalue weighted by Gasteiger charge is 2.14. The van der Waals surface area contributed by atoms with Crippen LogP contribution < -0.4 is 5.32 Å². The third kappa shape index (κ3) is 4.27. The van der Waals surface area contributed by atoms with Crippen LogP contribution in [0.2, 0.25) is 0 Å². The average Bonchev–Trinajstić information content (AvgIpc) is 2.54. The van der Waals surface area contributed by atoms with Gasteiger partial charge in [-0.1, -0.05) is 48.5 Å². The van der Waals surface area contributed by atoms with E-state index in [1.54, 1.807) is 19.2 Å². The number of carbonyl (C=O) groups is 2. The van der Waals surface area contributed by atoms with E-state index in [-0.39, 0.29) is 0 Å². The molecule has 0 aromatic heterocycles. The van der Waals surface area contributed by atoms with Crippen molar-refractivity contribution in [2.75, 3.05) is 7.05 Å². The first-order chi connectivity index (χ1) is 10.6. The second kappa shape index (κ2) is 7.52. The minimum atomic E-state index is -0.846. The van der Waals surface area contributed by atoms with Gasteiger partial charge in [0.15, 0.2) is 0 Å². The highest BCUT2D eigenvalue weighted by atomic mass is 16.4. The van der Waals surface area contributed by atoms with Crippen molar-refractivity contribution in [3.63, 3.8) is 0 Å². The maximum atomic E-state index is 11.0. The van der Waals surface area contributed by atoms with Crippen LogP contribution in [0.15, 0.2) is 48.5 Å². The van der Waals surface area contributed by atoms with E-state index in [0.29, 0.717) is 12.0 Å². The Bertz CT molecular complexity index is 632. The quantitative estimate of drug-likeness (QED) is 0.770. The highest BCUT2D eigenvalue weighted by Crippen LogP contribution is 2.13. The van der Waals surface area contributed by atoms with Crippen LogP contribution in [0.25, 0.3) is 0 Å². The summed E-state index contributed by atoms with van der Waals surface area (Å²) in [6, 6.07) is 14.9. The maximum absolute atomic E-state index is 11.0. The van der Waals surface area contributed by atoms with Gasteiger partial charge in [0.25, 0.3) is 0 Å². The van der Waals surface area contributed by atoms with Gasteiger partial charge in [-0.2, -0.15) is 0 Å². The lowest BCUT2D eigenvalue weighted by Gasteiger charge is -2.11. The summed E-state index contributed by atoms with van der Waals surface area (Å²) in [5, 5.41) is 11.8. The predicted molar refractivity (Wildman–Crippen MR) is 85.3 cm³/mol. The molecule has 0 heterocycles. The number of nitrogens with one attached hydrogen (secondary N) is 1. The molecule has 0 unspecified atom stereocenters. The van der Waals surface area contributed by atoms with Gasteiger partial charge in [-0.25, -0.2) is 0 Å². The van der Waals surface area contributed by atoms with Crippen LogP contribution in [0.4, 0.5) is 0 Å². The second-order valence-corrected chi connectivity index (χ2v) is 5.24. The molecule has 0 saturated carbocycles. The molecule has 0 aliphatic heterocycles. The molecule has 2 aromatic carbocycles. The van der Waals surface area contributed by atoms with Crippen LogP contribution in [-0.4, -0.2) is 30.5 Å². The van der Waals surface area contributed by atoms with E-state index in [0.717, 1.165) is 29.4 Å². The fourth-order valence-electron chi connectivity index (χ4n) is 2.29. The number of likely N-dealkylation sites (N-methyl/N-ethyl adjacent to an activating group) is 1. The van der Waals surface area contributed by atoms with Crippen molar-refractivity contribution >= 4 is 12.3 Å². The van der Waals surface area contributed by atoms with Crippen LogP contribution in [0.5, 0.6) is 0 Å². The van der Waals surface area contributed by atoms with Crippen LogP contribution in [-0.2, 0) is 17.6 Å². The molecule has 4 heteroatoms. The lowest BCUT2D eigenvalue weighted by Crippen LogP contribution is -2.35. The topological polar surface area (TPSA) is 66.4 Å². The minimum Gasteiger partial charge on any atom is -0.480 e. The Hall–Kier alpha value is -2.46. The van der Waals surface area contributed by atoms with Gasteiger partial charge in [-0.3, -0.25) is 9.59 Å². The normalized spacial score (nSPS) is 11.9. The Labute approximate surface area is 129 Å². The first-order valence-corrected chi connectivity index (χ1v) is 7.14. The van der Waals surface area contributed by atoms with E-state index < -0.39 is 12.0 Å². The van der Waals surface area contributed by atoms with Crippen LogP contribution in [0.3, 0.4) is 0 Å². The zero-order chi connectivity index (χ0) is 15.9. The molecular formula is C18H19NO3. The SMILES string of the molecule is CN[C@H](Cc1ccc(Cc2ccc(C=O)cc2)cc1)C(=O)O. The first-order valence-electron chi connectivity index (χ1n) is 7.14. The first kappa shape index (κ1) is 15.9. The molecule has 2 rings (SSSR count). The second-order valence-electron chi connectivity index (χ2n) is 5.24. The molecule has 1 atom stereocenters. The Balaban J connectivity index is 2.01. The van der Waals surface area contributed by atoms with Gasteiger partial charge < -0.3 is 10.4 Å². The van der Waals surface area contributed by atoms with Gasteiger partial charge >= 0.3 is 5.97 Å². The van der Waals surface area contributed by atoms with Crippen LogP contribution in [0.1, 0.15) is 27.0 Å². The molecule has 2 N–H and O–H groups in total. The number of carbonyl (C=O) groups excluding carboxylic acids is 1. The van der Waals surface area contributed by atoms with E-state index >= 15 is 0 Å². The molecule has 22 heavy (non-hydrogen) atoms. The van der Waals surface area contributed by atoms with Gasteiger partial charge in [0.05, 0.1) is 0 Å². The van der Waals surface area contributed by atoms with Crippen molar-refractivity contribution in [1.29, 1.82) is 0 Å². The van der Waals surface area contributed by atoms with E-state index in [1.165, 1.54) is 0 Å². The standard InChI is InChI=1S/C18H19NO3/c1-19-17(18(21)22)11-15-4-2-13(3-5-15)10-14-6-8-16(12-20)9-7-14/h2-9,12,17,19H,10-11H2,1H3,(H,21,22)/t17-/m1/s1. The molecule has 2 aromatic rings. The molecule has 0 saturated heterocycles. The Kier molecular flexibility index (Phi) is 5.44. The summed E-state index contributed by atoms with van der Waals surface area (Å²) in [6.07, 6.45) is 2.08. The number of carboxylic acid groups (broad SMARTS) is 1. The molecule has 114 valence electrons. The van der Waals surface area contributed by atoms with Gasteiger partial charge in [0.1, 0.15) is 12.3 Å². The molecule has 0 aliphatic rings. The molecule has 0 amide bonds. The minimum absolute atomic E-state index is 0.458. The largest absolute Gasteiger partial charge is 0.480 e. The number of hydrogen-bond donors (Lipinski definition) is 2. The lowest BCUT2D eigenvalue weighted by molar-refractivity contribution is -0.139. The zero-order valence-electron chi connectivity index (χ0n) is 12.5. The summed E-state index contributed by atoms with van der Waals surface area (Å²) in [5.74, 6) is -0.846. The molecule has 4 nitrogen and oxygen atoms in total. The van der Waals surface area contributed by atoms with Crippen LogP contribution >= 0.6 is 0 Å². The predicted octanol–water partition coefficient (Wildman–Crippen LogP) is 2.30. The summed E-state index contributed by atoms with van der Waals surface area (Å²) in [6.45, 7) is 0. The van der Waals surface area contributed by atoms with E-state index in [2.05, 4.69) is 5.32 Å². The molecule has 0 fully saturated rings. The number of benzene rings is 2. The van der Waals surface area contributed by atoms with E-state index in [9.17, 15) is 9.59 Å². The maximum Gasteiger partial charge on any atom is 0.321 e. The third-order valence-electron chi connectivity index (χ3n) is 3.63.